The first-order chi connectivity index (χ1) is 41.6. The lowest BCUT2D eigenvalue weighted by Gasteiger charge is -2.38. The summed E-state index contributed by atoms with van der Waals surface area (Å²) in [5, 5.41) is 79.1. The number of allylic oxidation sites excluding steroid dienone is 3. The Bertz CT molecular complexity index is 3280. The number of benzene rings is 1. The van der Waals surface area contributed by atoms with Gasteiger partial charge in [-0.1, -0.05) is 86.2 Å². The van der Waals surface area contributed by atoms with E-state index in [1.165, 1.54) is 57.9 Å². The van der Waals surface area contributed by atoms with Gasteiger partial charge in [-0.2, -0.15) is 29.3 Å². The summed E-state index contributed by atoms with van der Waals surface area (Å²) in [7, 11) is 0. The van der Waals surface area contributed by atoms with Crippen molar-refractivity contribution < 1.29 is 44.6 Å². The number of amides is 2. The molecule has 3 unspecified atom stereocenters. The zero-order valence-electron chi connectivity index (χ0n) is 50.1. The maximum absolute atomic E-state index is 16.4. The summed E-state index contributed by atoms with van der Waals surface area (Å²) in [6.07, 6.45) is 12.5. The van der Waals surface area contributed by atoms with Crippen molar-refractivity contribution in [3.8, 4) is 5.69 Å². The molecule has 1 aromatic carbocycles. The Morgan fingerprint density at radius 3 is 1.90 bits per heavy atom. The largest absolute Gasteiger partial charge is 0.394 e. The van der Waals surface area contributed by atoms with Gasteiger partial charge in [-0.25, -0.2) is 14.4 Å². The van der Waals surface area contributed by atoms with E-state index in [0.717, 1.165) is 109 Å². The van der Waals surface area contributed by atoms with Gasteiger partial charge in [0.05, 0.1) is 89.5 Å². The Morgan fingerprint density at radius 1 is 0.736 bits per heavy atom. The Balaban J connectivity index is 1.19. The van der Waals surface area contributed by atoms with Gasteiger partial charge >= 0.3 is 17.1 Å². The second kappa shape index (κ2) is 28.9. The van der Waals surface area contributed by atoms with Crippen molar-refractivity contribution in [1.29, 1.82) is 0 Å². The molecule has 5 heterocycles. The van der Waals surface area contributed by atoms with Crippen LogP contribution in [0, 0.1) is 20.8 Å². The average molecular weight is 1280 g/mol. The molecule has 8 N–H and O–H groups in total. The molecule has 3 aromatic heterocycles. The van der Waals surface area contributed by atoms with Crippen LogP contribution in [-0.4, -0.2) is 179 Å². The third-order valence-corrected chi connectivity index (χ3v) is 18.8. The topological polar surface area (TPSA) is 313 Å². The zero-order chi connectivity index (χ0) is 62.3. The van der Waals surface area contributed by atoms with Crippen molar-refractivity contribution in [2.75, 3.05) is 64.0 Å². The van der Waals surface area contributed by atoms with Gasteiger partial charge in [0.25, 0.3) is 11.8 Å². The molecule has 3 atom stereocenters. The first-order valence-electron chi connectivity index (χ1n) is 30.9. The van der Waals surface area contributed by atoms with Gasteiger partial charge in [0.1, 0.15) is 17.5 Å². The third-order valence-electron chi connectivity index (χ3n) is 17.7. The summed E-state index contributed by atoms with van der Waals surface area (Å²) in [5.41, 5.74) is -8.23. The molecule has 0 spiro atoms. The molecule has 28 heteroatoms. The number of aryl methyl sites for hydroxylation is 3. The van der Waals surface area contributed by atoms with Gasteiger partial charge in [-0.3, -0.25) is 23.3 Å². The summed E-state index contributed by atoms with van der Waals surface area (Å²) in [4.78, 5) is 77.2. The van der Waals surface area contributed by atoms with Gasteiger partial charge < -0.3 is 55.9 Å². The van der Waals surface area contributed by atoms with Crippen LogP contribution in [0.4, 0.5) is 5.69 Å². The highest BCUT2D eigenvalue weighted by molar-refractivity contribution is 6.54. The van der Waals surface area contributed by atoms with Gasteiger partial charge in [0, 0.05) is 26.2 Å². The van der Waals surface area contributed by atoms with E-state index in [2.05, 4.69) is 31.2 Å². The van der Waals surface area contributed by atoms with E-state index in [9.17, 15) is 39.9 Å². The maximum Gasteiger partial charge on any atom is 0.350 e. The van der Waals surface area contributed by atoms with Crippen molar-refractivity contribution in [2.45, 2.75) is 202 Å². The van der Waals surface area contributed by atoms with Gasteiger partial charge in [0.15, 0.2) is 4.33 Å². The fourth-order valence-corrected chi connectivity index (χ4v) is 13.3. The first kappa shape index (κ1) is 66.4. The molecule has 4 aromatic rings. The molecule has 9 rings (SSSR count). The van der Waals surface area contributed by atoms with E-state index in [1.807, 2.05) is 0 Å². The van der Waals surface area contributed by atoms with Crippen molar-refractivity contribution >= 4 is 52.3 Å². The van der Waals surface area contributed by atoms with Crippen molar-refractivity contribution in [1.82, 2.24) is 59.0 Å². The molecule has 2 saturated carbocycles. The number of rotatable bonds is 24. The van der Waals surface area contributed by atoms with Crippen LogP contribution in [0.2, 0.25) is 5.02 Å². The molecular formula is C59H86Cl3N13O12. The number of anilines is 1. The molecule has 0 radical (unpaired) electrons. The number of alkyl halides is 2. The minimum atomic E-state index is -2.30. The van der Waals surface area contributed by atoms with Crippen LogP contribution in [-0.2, 0) is 39.6 Å². The third kappa shape index (κ3) is 15.4. The summed E-state index contributed by atoms with van der Waals surface area (Å²) in [6, 6.07) is 2.80. The van der Waals surface area contributed by atoms with E-state index in [1.54, 1.807) is 6.92 Å². The molecule has 480 valence electrons. The quantitative estimate of drug-likeness (QED) is 0.0216. The smallest absolute Gasteiger partial charge is 0.350 e. The highest BCUT2D eigenvalue weighted by Gasteiger charge is 2.49. The zero-order valence-corrected chi connectivity index (χ0v) is 52.4. The van der Waals surface area contributed by atoms with E-state index < -0.39 is 81.0 Å². The number of hydrogen-bond donors (Lipinski definition) is 8. The highest BCUT2D eigenvalue weighted by Crippen LogP contribution is 2.44. The lowest BCUT2D eigenvalue weighted by Crippen LogP contribution is -2.54. The number of nitrogens with zero attached hydrogens (tertiary/aromatic N) is 10. The van der Waals surface area contributed by atoms with Crippen molar-refractivity contribution in [3.63, 3.8) is 0 Å². The number of carbonyl (C=O) groups is 2. The van der Waals surface area contributed by atoms with Crippen LogP contribution in [0.1, 0.15) is 143 Å². The number of hydrogen-bond acceptors (Lipinski definition) is 17. The van der Waals surface area contributed by atoms with Gasteiger partial charge in [-0.15, -0.1) is 0 Å². The molecule has 2 saturated heterocycles. The number of piperidine rings is 2. The monoisotopic (exact) mass is 1270 g/mol. The summed E-state index contributed by atoms with van der Waals surface area (Å²) in [5.74, 6) is -1.21. The lowest BCUT2D eigenvalue weighted by molar-refractivity contribution is -0.116. The maximum atomic E-state index is 16.4. The van der Waals surface area contributed by atoms with Crippen molar-refractivity contribution in [3.05, 3.63) is 95.4 Å². The highest BCUT2D eigenvalue weighted by atomic mass is 35.5. The molecule has 2 amide bonds. The molecule has 5 aliphatic rings. The fourth-order valence-electron chi connectivity index (χ4n) is 12.6. The Morgan fingerprint density at radius 2 is 1.29 bits per heavy atom. The second-order valence-electron chi connectivity index (χ2n) is 24.3. The molecule has 4 fully saturated rings. The summed E-state index contributed by atoms with van der Waals surface area (Å²) < 4.78 is 16.7. The molecule has 87 heavy (non-hydrogen) atoms. The Kier molecular flexibility index (Phi) is 22.0. The predicted molar refractivity (Wildman–Crippen MR) is 327 cm³/mol. The minimum absolute atomic E-state index is 0.0147. The summed E-state index contributed by atoms with van der Waals surface area (Å²) >= 11 is 22.1. The number of ether oxygens (including phenoxy) is 2. The summed E-state index contributed by atoms with van der Waals surface area (Å²) in [6.45, 7) is 6.90. The second-order valence-corrected chi connectivity index (χ2v) is 26.1. The number of carbonyl (C=O) groups excluding carboxylic acids is 2. The van der Waals surface area contributed by atoms with Crippen molar-refractivity contribution in [2.24, 2.45) is 0 Å². The van der Waals surface area contributed by atoms with Crippen LogP contribution in [0.15, 0.2) is 50.3 Å². The van der Waals surface area contributed by atoms with E-state index in [-0.39, 0.29) is 97.9 Å². The molecule has 25 nitrogen and oxygen atoms in total. The molecular weight excluding hydrogens is 1190 g/mol. The van der Waals surface area contributed by atoms with Crippen LogP contribution >= 0.6 is 34.8 Å². The van der Waals surface area contributed by atoms with E-state index in [4.69, 9.17) is 44.3 Å². The number of aliphatic hydroxyl groups excluding tert-OH is 3. The Hall–Kier alpha value is -5.03. The first-order valence-corrected chi connectivity index (χ1v) is 32.0. The standard InChI is InChI=1S/C59H86Cl3N13O12/c1-39-66-73(53(81)69(39)28-12-30-86-45-13-24-63-25-14-45)42-31-47(51(79)65-37-56(84)18-8-4-5-9-19-56)50(60)49(32-42)72(38-57(85)20-10-6-7-11-21-57)52(80)48-33-58(22-23-59(48,61)62,74-54(82)70(40(2)67-74)29-17-43(77)35-76)75-55(83)71(41(3)68-75)34-44(78)36-87-46-15-26-64-27-16-46/h22-23,31-33,43-46,63-64,76-78,84-85H,4-21,24-30,34-38H2,1-3H3,(H,65,79). The normalized spacial score (nSPS) is 21.7. The Labute approximate surface area is 520 Å². The number of aromatic nitrogens is 9. The molecule has 0 bridgehead atoms. The van der Waals surface area contributed by atoms with Crippen LogP contribution in [0.3, 0.4) is 0 Å². The number of nitrogens with one attached hydrogen (secondary N) is 3. The van der Waals surface area contributed by atoms with Gasteiger partial charge in [-0.05, 0) is 142 Å². The minimum Gasteiger partial charge on any atom is -0.394 e. The number of aliphatic hydroxyl groups is 5. The lowest BCUT2D eigenvalue weighted by atomic mass is 9.91. The molecule has 2 aliphatic heterocycles. The fraction of sp³-hybridized carbons (Fsp3) is 0.695. The average Bonchev–Trinajstić information content (AvgIpc) is 1.74. The SMILES string of the molecule is Cc1nn(-c2cc(C(=O)NCC3(O)CCCCCC3)c(Cl)c(N(CC3(O)CCCCCC3)C(=O)C3=CC(n4nc(C)n(CCC(O)CO)c4=O)(n4nc(C)n(CC(O)COC5CCNCC5)c4=O)C=CC3(Cl)Cl)c2)c(=O)n1CCCOC1CCNCC1. The van der Waals surface area contributed by atoms with Crippen LogP contribution < -0.4 is 37.9 Å². The van der Waals surface area contributed by atoms with E-state index >= 15 is 9.59 Å². The van der Waals surface area contributed by atoms with Crippen LogP contribution in [0.25, 0.3) is 5.69 Å². The van der Waals surface area contributed by atoms with E-state index in [0.29, 0.717) is 44.5 Å². The predicted octanol–water partition coefficient (Wildman–Crippen LogP) is 3.17. The number of halogens is 3. The van der Waals surface area contributed by atoms with Gasteiger partial charge in [0.2, 0.25) is 5.66 Å². The van der Waals surface area contributed by atoms with Crippen LogP contribution in [0.5, 0.6) is 0 Å². The molecule has 3 aliphatic carbocycles.